The number of rotatable bonds is 4. The number of aromatic nitrogens is 3. The van der Waals surface area contributed by atoms with Gasteiger partial charge in [0.15, 0.2) is 17.3 Å². The van der Waals surface area contributed by atoms with Crippen LogP contribution in [0, 0.1) is 0 Å². The number of carbonyl (C=O) groups is 1. The number of ether oxygens (including phenoxy) is 2. The van der Waals surface area contributed by atoms with Gasteiger partial charge in [-0.1, -0.05) is 5.21 Å². The van der Waals surface area contributed by atoms with E-state index in [1.165, 1.54) is 4.68 Å². The highest BCUT2D eigenvalue weighted by Crippen LogP contribution is 2.30. The number of fused-ring (bicyclic) bond motifs is 1. The van der Waals surface area contributed by atoms with Gasteiger partial charge in [0.2, 0.25) is 0 Å². The number of nitrogens with two attached hydrogens (primary N) is 1. The number of benzene rings is 1. The Morgan fingerprint density at radius 3 is 2.86 bits per heavy atom. The summed E-state index contributed by atoms with van der Waals surface area (Å²) in [4.78, 5) is 12.3. The molecule has 7 nitrogen and oxygen atoms in total. The fourth-order valence-corrected chi connectivity index (χ4v) is 2.08. The molecular formula is C14H16N4O3. The van der Waals surface area contributed by atoms with Crippen LogP contribution in [0.15, 0.2) is 24.4 Å². The lowest BCUT2D eigenvalue weighted by molar-refractivity contribution is 0.0966. The highest BCUT2D eigenvalue weighted by molar-refractivity contribution is 5.96. The number of ketones is 1. The molecule has 0 saturated heterocycles. The summed E-state index contributed by atoms with van der Waals surface area (Å²) in [7, 11) is 0. The van der Waals surface area contributed by atoms with Gasteiger partial charge in [-0.3, -0.25) is 4.79 Å². The van der Waals surface area contributed by atoms with Crippen LogP contribution < -0.4 is 15.2 Å². The third-order valence-electron chi connectivity index (χ3n) is 3.17. The van der Waals surface area contributed by atoms with Crippen molar-refractivity contribution >= 4 is 5.78 Å². The molecule has 1 aliphatic rings. The normalized spacial score (nSPS) is 13.8. The van der Waals surface area contributed by atoms with Crippen molar-refractivity contribution in [2.24, 2.45) is 5.73 Å². The van der Waals surface area contributed by atoms with Crippen molar-refractivity contribution in [3.8, 4) is 11.5 Å². The van der Waals surface area contributed by atoms with E-state index in [2.05, 4.69) is 10.3 Å². The van der Waals surface area contributed by atoms with Gasteiger partial charge < -0.3 is 15.2 Å². The standard InChI is InChI=1S/C14H16N4O3/c15-7-11-8-18(17-16-11)9-12(19)10-2-3-13-14(6-10)21-5-1-4-20-13/h2-3,6,8H,1,4-5,7,9,15H2. The van der Waals surface area contributed by atoms with Crippen molar-refractivity contribution in [3.05, 3.63) is 35.7 Å². The molecule has 1 aromatic carbocycles. The van der Waals surface area contributed by atoms with Crippen LogP contribution in [-0.2, 0) is 13.1 Å². The van der Waals surface area contributed by atoms with Crippen molar-refractivity contribution in [2.75, 3.05) is 13.2 Å². The summed E-state index contributed by atoms with van der Waals surface area (Å²) in [5.74, 6) is 1.22. The highest BCUT2D eigenvalue weighted by atomic mass is 16.5. The Labute approximate surface area is 121 Å². The van der Waals surface area contributed by atoms with Crippen LogP contribution in [0.5, 0.6) is 11.5 Å². The van der Waals surface area contributed by atoms with E-state index in [1.54, 1.807) is 24.4 Å². The number of hydrogen-bond donors (Lipinski definition) is 1. The van der Waals surface area contributed by atoms with E-state index >= 15 is 0 Å². The molecule has 7 heteroatoms. The first kappa shape index (κ1) is 13.6. The van der Waals surface area contributed by atoms with Gasteiger partial charge >= 0.3 is 0 Å². The Balaban J connectivity index is 1.76. The van der Waals surface area contributed by atoms with Crippen molar-refractivity contribution in [1.82, 2.24) is 15.0 Å². The second kappa shape index (κ2) is 5.92. The Morgan fingerprint density at radius 2 is 2.10 bits per heavy atom. The largest absolute Gasteiger partial charge is 0.490 e. The van der Waals surface area contributed by atoms with Crippen LogP contribution in [0.3, 0.4) is 0 Å². The summed E-state index contributed by atoms with van der Waals surface area (Å²) in [6.45, 7) is 1.64. The smallest absolute Gasteiger partial charge is 0.184 e. The minimum absolute atomic E-state index is 0.0703. The molecule has 0 atom stereocenters. The molecule has 0 amide bonds. The minimum Gasteiger partial charge on any atom is -0.490 e. The molecule has 0 bridgehead atoms. The molecule has 0 radical (unpaired) electrons. The van der Waals surface area contributed by atoms with Crippen molar-refractivity contribution < 1.29 is 14.3 Å². The topological polar surface area (TPSA) is 92.3 Å². The summed E-state index contributed by atoms with van der Waals surface area (Å²) in [5.41, 5.74) is 6.68. The van der Waals surface area contributed by atoms with E-state index in [9.17, 15) is 4.79 Å². The van der Waals surface area contributed by atoms with Gasteiger partial charge in [0.1, 0.15) is 6.54 Å². The monoisotopic (exact) mass is 288 g/mol. The Hall–Kier alpha value is -2.41. The van der Waals surface area contributed by atoms with Gasteiger partial charge in [0.25, 0.3) is 0 Å². The maximum absolute atomic E-state index is 12.3. The van der Waals surface area contributed by atoms with Gasteiger partial charge in [-0.2, -0.15) is 0 Å². The third-order valence-corrected chi connectivity index (χ3v) is 3.17. The lowest BCUT2D eigenvalue weighted by atomic mass is 10.1. The summed E-state index contributed by atoms with van der Waals surface area (Å²) >= 11 is 0. The molecule has 0 unspecified atom stereocenters. The van der Waals surface area contributed by atoms with Gasteiger partial charge in [-0.05, 0) is 18.2 Å². The van der Waals surface area contributed by atoms with E-state index in [0.717, 1.165) is 6.42 Å². The first-order valence-corrected chi connectivity index (χ1v) is 6.78. The van der Waals surface area contributed by atoms with Crippen LogP contribution in [0.2, 0.25) is 0 Å². The molecule has 21 heavy (non-hydrogen) atoms. The van der Waals surface area contributed by atoms with Crippen LogP contribution in [0.4, 0.5) is 0 Å². The number of Topliss-reactive ketones (excluding diaryl/α,β-unsaturated/α-hetero) is 1. The van der Waals surface area contributed by atoms with Crippen LogP contribution in [-0.4, -0.2) is 34.0 Å². The molecule has 0 spiro atoms. The van der Waals surface area contributed by atoms with Crippen molar-refractivity contribution in [1.29, 1.82) is 0 Å². The van der Waals surface area contributed by atoms with E-state index in [-0.39, 0.29) is 12.3 Å². The maximum Gasteiger partial charge on any atom is 0.184 e. The average molecular weight is 288 g/mol. The zero-order chi connectivity index (χ0) is 14.7. The maximum atomic E-state index is 12.3. The summed E-state index contributed by atoms with van der Waals surface area (Å²) < 4.78 is 12.6. The molecule has 1 aromatic heterocycles. The molecule has 0 fully saturated rings. The fraction of sp³-hybridized carbons (Fsp3) is 0.357. The lowest BCUT2D eigenvalue weighted by Crippen LogP contribution is -2.11. The van der Waals surface area contributed by atoms with Gasteiger partial charge in [0, 0.05) is 18.5 Å². The second-order valence-electron chi connectivity index (χ2n) is 4.75. The molecule has 0 saturated carbocycles. The number of nitrogens with zero attached hydrogens (tertiary/aromatic N) is 3. The molecule has 2 aromatic rings. The van der Waals surface area contributed by atoms with Gasteiger partial charge in [-0.15, -0.1) is 5.10 Å². The first-order chi connectivity index (χ1) is 10.3. The molecule has 2 heterocycles. The van der Waals surface area contributed by atoms with Crippen molar-refractivity contribution in [2.45, 2.75) is 19.5 Å². The van der Waals surface area contributed by atoms with Crippen LogP contribution in [0.1, 0.15) is 22.5 Å². The fourth-order valence-electron chi connectivity index (χ4n) is 2.08. The average Bonchev–Trinajstić information content (AvgIpc) is 2.82. The summed E-state index contributed by atoms with van der Waals surface area (Å²) in [6, 6.07) is 5.21. The summed E-state index contributed by atoms with van der Waals surface area (Å²) in [5, 5.41) is 7.72. The number of carbonyl (C=O) groups excluding carboxylic acids is 1. The SMILES string of the molecule is NCc1cn(CC(=O)c2ccc3c(c2)OCCCO3)nn1. The van der Waals surface area contributed by atoms with Gasteiger partial charge in [0.05, 0.1) is 25.1 Å². The Kier molecular flexibility index (Phi) is 3.83. The zero-order valence-electron chi connectivity index (χ0n) is 11.5. The molecule has 1 aliphatic heterocycles. The van der Waals surface area contributed by atoms with E-state index in [4.69, 9.17) is 15.2 Å². The quantitative estimate of drug-likeness (QED) is 0.836. The zero-order valence-corrected chi connectivity index (χ0v) is 11.5. The molecule has 0 aliphatic carbocycles. The molecule has 2 N–H and O–H groups in total. The van der Waals surface area contributed by atoms with E-state index in [0.29, 0.717) is 42.5 Å². The molecule has 3 rings (SSSR count). The third kappa shape index (κ3) is 3.03. The van der Waals surface area contributed by atoms with E-state index < -0.39 is 0 Å². The second-order valence-corrected chi connectivity index (χ2v) is 4.75. The first-order valence-electron chi connectivity index (χ1n) is 6.78. The predicted molar refractivity (Wildman–Crippen MR) is 74.3 cm³/mol. The molecular weight excluding hydrogens is 272 g/mol. The van der Waals surface area contributed by atoms with E-state index in [1.807, 2.05) is 0 Å². The summed E-state index contributed by atoms with van der Waals surface area (Å²) in [6.07, 6.45) is 2.50. The van der Waals surface area contributed by atoms with Gasteiger partial charge in [-0.25, -0.2) is 4.68 Å². The predicted octanol–water partition coefficient (Wildman–Crippen LogP) is 0.781. The lowest BCUT2D eigenvalue weighted by Gasteiger charge is -2.08. The Bertz CT molecular complexity index is 653. The Morgan fingerprint density at radius 1 is 1.29 bits per heavy atom. The van der Waals surface area contributed by atoms with Crippen LogP contribution >= 0.6 is 0 Å². The minimum atomic E-state index is -0.0703. The van der Waals surface area contributed by atoms with Crippen LogP contribution in [0.25, 0.3) is 0 Å². The highest BCUT2D eigenvalue weighted by Gasteiger charge is 2.15. The van der Waals surface area contributed by atoms with Crippen molar-refractivity contribution in [3.63, 3.8) is 0 Å². The number of hydrogen-bond acceptors (Lipinski definition) is 6. The molecule has 110 valence electrons.